The Hall–Kier alpha value is -1.61. The van der Waals surface area contributed by atoms with Crippen LogP contribution in [0.4, 0.5) is 5.69 Å². The largest absolute Gasteiger partial charge is 0.393 e. The summed E-state index contributed by atoms with van der Waals surface area (Å²) >= 11 is 0. The Balaban J connectivity index is 2.04. The van der Waals surface area contributed by atoms with E-state index in [-0.39, 0.29) is 6.10 Å². The fourth-order valence-electron chi connectivity index (χ4n) is 2.26. The number of nitriles is 1. The zero-order valence-corrected chi connectivity index (χ0v) is 10.6. The smallest absolute Gasteiger partial charge is 0.170 e. The van der Waals surface area contributed by atoms with Crippen molar-refractivity contribution in [1.29, 1.82) is 5.26 Å². The van der Waals surface area contributed by atoms with Gasteiger partial charge in [0.25, 0.3) is 0 Å². The Bertz CT molecular complexity index is 447. The minimum Gasteiger partial charge on any atom is -0.393 e. The van der Waals surface area contributed by atoms with Gasteiger partial charge in [-0.3, -0.25) is 0 Å². The molecule has 2 unspecified atom stereocenters. The van der Waals surface area contributed by atoms with Crippen LogP contribution in [0.3, 0.4) is 0 Å². The van der Waals surface area contributed by atoms with Crippen molar-refractivity contribution in [2.45, 2.75) is 31.2 Å². The lowest BCUT2D eigenvalue weighted by Gasteiger charge is -2.31. The molecule has 1 fully saturated rings. The molecule has 5 heteroatoms. The highest BCUT2D eigenvalue weighted by Crippen LogP contribution is 2.23. The van der Waals surface area contributed by atoms with E-state index in [1.165, 1.54) is 0 Å². The number of aliphatic hydroxyl groups excluding tert-OH is 3. The van der Waals surface area contributed by atoms with Gasteiger partial charge in [-0.15, -0.1) is 0 Å². The summed E-state index contributed by atoms with van der Waals surface area (Å²) in [7, 11) is 0. The average Bonchev–Trinajstić information content (AvgIpc) is 2.46. The maximum atomic E-state index is 9.71. The molecule has 0 aliphatic carbocycles. The van der Waals surface area contributed by atoms with E-state index in [1.807, 2.05) is 12.1 Å². The van der Waals surface area contributed by atoms with Crippen LogP contribution in [-0.2, 0) is 0 Å². The zero-order valence-electron chi connectivity index (χ0n) is 10.6. The summed E-state index contributed by atoms with van der Waals surface area (Å²) in [5.74, 6) is 0. The second kappa shape index (κ2) is 6.02. The van der Waals surface area contributed by atoms with Crippen molar-refractivity contribution in [3.63, 3.8) is 0 Å². The molecule has 1 aromatic rings. The molecule has 19 heavy (non-hydrogen) atoms. The zero-order chi connectivity index (χ0) is 13.8. The maximum Gasteiger partial charge on any atom is 0.170 e. The van der Waals surface area contributed by atoms with Gasteiger partial charge >= 0.3 is 0 Å². The first-order valence-electron chi connectivity index (χ1n) is 6.40. The molecule has 1 aliphatic rings. The third kappa shape index (κ3) is 3.24. The summed E-state index contributed by atoms with van der Waals surface area (Å²) in [4.78, 5) is 2.17. The van der Waals surface area contributed by atoms with Gasteiger partial charge < -0.3 is 20.2 Å². The van der Waals surface area contributed by atoms with E-state index < -0.39 is 12.2 Å². The molecule has 0 saturated carbocycles. The average molecular weight is 262 g/mol. The lowest BCUT2D eigenvalue weighted by Crippen LogP contribution is -2.35. The lowest BCUT2D eigenvalue weighted by atomic mass is 10.0. The fourth-order valence-corrected chi connectivity index (χ4v) is 2.26. The van der Waals surface area contributed by atoms with Crippen LogP contribution in [0.2, 0.25) is 0 Å². The first-order valence-corrected chi connectivity index (χ1v) is 6.40. The van der Waals surface area contributed by atoms with Gasteiger partial charge in [0.1, 0.15) is 6.10 Å². The summed E-state index contributed by atoms with van der Waals surface area (Å²) < 4.78 is 0. The lowest BCUT2D eigenvalue weighted by molar-refractivity contribution is 0.0528. The molecule has 1 saturated heterocycles. The van der Waals surface area contributed by atoms with Crippen molar-refractivity contribution in [2.24, 2.45) is 0 Å². The van der Waals surface area contributed by atoms with Gasteiger partial charge in [0, 0.05) is 18.8 Å². The normalized spacial score (nSPS) is 19.8. The van der Waals surface area contributed by atoms with Crippen LogP contribution in [0.1, 0.15) is 24.5 Å². The van der Waals surface area contributed by atoms with Gasteiger partial charge in [-0.25, -0.2) is 0 Å². The van der Waals surface area contributed by atoms with Gasteiger partial charge in [0.05, 0.1) is 12.2 Å². The van der Waals surface area contributed by atoms with Crippen molar-refractivity contribution >= 4 is 5.69 Å². The first kappa shape index (κ1) is 13.8. The van der Waals surface area contributed by atoms with E-state index >= 15 is 0 Å². The molecule has 2 rings (SSSR count). The highest BCUT2D eigenvalue weighted by molar-refractivity contribution is 5.48. The van der Waals surface area contributed by atoms with E-state index in [4.69, 9.17) is 5.26 Å². The van der Waals surface area contributed by atoms with E-state index in [0.717, 1.165) is 31.6 Å². The number of benzene rings is 1. The molecule has 1 aliphatic heterocycles. The first-order chi connectivity index (χ1) is 9.11. The maximum absolute atomic E-state index is 9.71. The Labute approximate surface area is 112 Å². The Kier molecular flexibility index (Phi) is 4.38. The van der Waals surface area contributed by atoms with Gasteiger partial charge in [0.15, 0.2) is 6.10 Å². The van der Waals surface area contributed by atoms with Crippen LogP contribution in [-0.4, -0.2) is 40.6 Å². The van der Waals surface area contributed by atoms with Crippen molar-refractivity contribution in [2.75, 3.05) is 18.0 Å². The van der Waals surface area contributed by atoms with E-state index in [0.29, 0.717) is 5.56 Å². The highest BCUT2D eigenvalue weighted by atomic mass is 16.3. The molecule has 0 amide bonds. The number of anilines is 1. The topological polar surface area (TPSA) is 87.7 Å². The molecule has 0 spiro atoms. The Morgan fingerprint density at radius 3 is 2.26 bits per heavy atom. The Morgan fingerprint density at radius 2 is 1.74 bits per heavy atom. The van der Waals surface area contributed by atoms with E-state index in [1.54, 1.807) is 18.2 Å². The number of aliphatic hydroxyl groups is 3. The van der Waals surface area contributed by atoms with Crippen LogP contribution in [0.25, 0.3) is 0 Å². The van der Waals surface area contributed by atoms with Crippen molar-refractivity contribution in [3.8, 4) is 6.07 Å². The summed E-state index contributed by atoms with van der Waals surface area (Å²) in [6, 6.07) is 8.76. The predicted octanol–water partition coefficient (Wildman–Crippen LogP) is 0.566. The minimum atomic E-state index is -1.41. The molecule has 5 nitrogen and oxygen atoms in total. The number of piperidine rings is 1. The van der Waals surface area contributed by atoms with Gasteiger partial charge in [0.2, 0.25) is 0 Å². The monoisotopic (exact) mass is 262 g/mol. The van der Waals surface area contributed by atoms with Gasteiger partial charge in [-0.2, -0.15) is 5.26 Å². The third-order valence-corrected chi connectivity index (χ3v) is 3.50. The summed E-state index contributed by atoms with van der Waals surface area (Å²) in [6.45, 7) is 1.62. The van der Waals surface area contributed by atoms with Crippen molar-refractivity contribution in [1.82, 2.24) is 0 Å². The van der Waals surface area contributed by atoms with Crippen LogP contribution in [0.15, 0.2) is 24.3 Å². The standard InChI is InChI=1S/C14H18N2O3/c15-9-13(18)14(19)10-1-3-11(4-2-10)16-7-5-12(17)6-8-16/h1-4,12-14,17-19H,5-8H2. The van der Waals surface area contributed by atoms with Crippen molar-refractivity contribution in [3.05, 3.63) is 29.8 Å². The van der Waals surface area contributed by atoms with E-state index in [2.05, 4.69) is 4.90 Å². The molecule has 1 aromatic carbocycles. The summed E-state index contributed by atoms with van der Waals surface area (Å²) in [5, 5.41) is 37.0. The SMILES string of the molecule is N#CC(O)C(O)c1ccc(N2CCC(O)CC2)cc1. The molecule has 2 atom stereocenters. The molecule has 0 bridgehead atoms. The van der Waals surface area contributed by atoms with Crippen LogP contribution >= 0.6 is 0 Å². The predicted molar refractivity (Wildman–Crippen MR) is 70.5 cm³/mol. The van der Waals surface area contributed by atoms with Crippen LogP contribution in [0, 0.1) is 11.3 Å². The van der Waals surface area contributed by atoms with Crippen LogP contribution in [0.5, 0.6) is 0 Å². The molecular formula is C14H18N2O3. The number of nitrogens with zero attached hydrogens (tertiary/aromatic N) is 2. The number of hydrogen-bond donors (Lipinski definition) is 3. The van der Waals surface area contributed by atoms with Crippen LogP contribution < -0.4 is 4.90 Å². The van der Waals surface area contributed by atoms with Gasteiger partial charge in [-0.1, -0.05) is 12.1 Å². The number of rotatable bonds is 3. The summed E-state index contributed by atoms with van der Waals surface area (Å²) in [5.41, 5.74) is 1.55. The molecule has 3 N–H and O–H groups in total. The van der Waals surface area contributed by atoms with Gasteiger partial charge in [-0.05, 0) is 30.5 Å². The fraction of sp³-hybridized carbons (Fsp3) is 0.500. The highest BCUT2D eigenvalue weighted by Gasteiger charge is 2.19. The van der Waals surface area contributed by atoms with Crippen molar-refractivity contribution < 1.29 is 15.3 Å². The third-order valence-electron chi connectivity index (χ3n) is 3.50. The second-order valence-corrected chi connectivity index (χ2v) is 4.83. The Morgan fingerprint density at radius 1 is 1.16 bits per heavy atom. The molecule has 0 radical (unpaired) electrons. The van der Waals surface area contributed by atoms with E-state index in [9.17, 15) is 15.3 Å². The molecule has 1 heterocycles. The molecule has 0 aromatic heterocycles. The molecule has 102 valence electrons. The summed E-state index contributed by atoms with van der Waals surface area (Å²) in [6.07, 6.45) is -1.27. The quantitative estimate of drug-likeness (QED) is 0.693. The number of hydrogen-bond acceptors (Lipinski definition) is 5. The molecular weight excluding hydrogens is 244 g/mol. The second-order valence-electron chi connectivity index (χ2n) is 4.83. The minimum absolute atomic E-state index is 0.205.